The second-order valence-corrected chi connectivity index (χ2v) is 10.1. The molecule has 1 amide bonds. The van der Waals surface area contributed by atoms with Crippen LogP contribution < -0.4 is 5.32 Å². The van der Waals surface area contributed by atoms with E-state index < -0.39 is 0 Å². The van der Waals surface area contributed by atoms with Crippen molar-refractivity contribution in [1.29, 1.82) is 0 Å². The number of thiophene rings is 1. The molecule has 4 aromatic rings. The van der Waals surface area contributed by atoms with Crippen LogP contribution in [0.3, 0.4) is 0 Å². The Bertz CT molecular complexity index is 1350. The van der Waals surface area contributed by atoms with Gasteiger partial charge in [-0.05, 0) is 72.3 Å². The third-order valence-corrected chi connectivity index (χ3v) is 7.33. The third-order valence-electron chi connectivity index (χ3n) is 5.06. The fourth-order valence-corrected chi connectivity index (χ4v) is 5.33. The molecule has 0 spiro atoms. The van der Waals surface area contributed by atoms with E-state index in [1.165, 1.54) is 11.3 Å². The van der Waals surface area contributed by atoms with E-state index in [4.69, 9.17) is 11.6 Å². The molecule has 4 rings (SSSR count). The number of hydrogen-bond acceptors (Lipinski definition) is 5. The molecule has 33 heavy (non-hydrogen) atoms. The van der Waals surface area contributed by atoms with Gasteiger partial charge < -0.3 is 5.32 Å². The van der Waals surface area contributed by atoms with Crippen molar-refractivity contribution in [3.05, 3.63) is 96.4 Å². The Hall–Kier alpha value is -2.56. The normalized spacial score (nSPS) is 10.9. The highest BCUT2D eigenvalue weighted by Crippen LogP contribution is 2.32. The average Bonchev–Trinajstić information content (AvgIpc) is 3.40. The van der Waals surface area contributed by atoms with Crippen LogP contribution in [0.25, 0.3) is 5.00 Å². The molecular formula is C24H20ClIN4O2S. The lowest BCUT2D eigenvalue weighted by molar-refractivity contribution is 0.0948. The van der Waals surface area contributed by atoms with E-state index in [9.17, 15) is 9.59 Å². The molecule has 0 saturated carbocycles. The van der Waals surface area contributed by atoms with Gasteiger partial charge in [0.15, 0.2) is 11.6 Å². The number of ketones is 1. The van der Waals surface area contributed by atoms with E-state index in [-0.39, 0.29) is 18.2 Å². The highest BCUT2D eigenvalue weighted by atomic mass is 127. The fraction of sp³-hybridized carbons (Fsp3) is 0.167. The van der Waals surface area contributed by atoms with E-state index in [0.717, 1.165) is 19.9 Å². The van der Waals surface area contributed by atoms with Crippen molar-refractivity contribution in [3.8, 4) is 5.00 Å². The monoisotopic (exact) mass is 590 g/mol. The number of benzene rings is 2. The average molecular weight is 591 g/mol. The standard InChI is InChI=1S/C24H20ClIN4O2S/c1-3-17-12-19(22(31)18-9-4-5-10-20(18)25)24(33-17)30-14(2)28-29-21(30)13-27-23(32)15-7-6-8-16(26)11-15/h4-12H,3,13H2,1-2H3,(H,27,32). The molecule has 2 aromatic carbocycles. The molecule has 168 valence electrons. The number of carbonyl (C=O) groups is 2. The van der Waals surface area contributed by atoms with Crippen LogP contribution in [0.2, 0.25) is 5.02 Å². The predicted octanol–water partition coefficient (Wildman–Crippen LogP) is 5.62. The maximum absolute atomic E-state index is 13.4. The molecule has 0 unspecified atom stereocenters. The van der Waals surface area contributed by atoms with Crippen molar-refractivity contribution in [2.45, 2.75) is 26.8 Å². The molecule has 1 N–H and O–H groups in total. The van der Waals surface area contributed by atoms with Crippen molar-refractivity contribution in [2.75, 3.05) is 0 Å². The summed E-state index contributed by atoms with van der Waals surface area (Å²) in [4.78, 5) is 27.1. The van der Waals surface area contributed by atoms with Gasteiger partial charge in [0, 0.05) is 19.6 Å². The van der Waals surface area contributed by atoms with E-state index >= 15 is 0 Å². The SMILES string of the molecule is CCc1cc(C(=O)c2ccccc2Cl)c(-n2c(C)nnc2CNC(=O)c2cccc(I)c2)s1. The Labute approximate surface area is 214 Å². The van der Waals surface area contributed by atoms with Gasteiger partial charge >= 0.3 is 0 Å². The van der Waals surface area contributed by atoms with Crippen LogP contribution >= 0.6 is 45.5 Å². The molecule has 0 bridgehead atoms. The predicted molar refractivity (Wildman–Crippen MR) is 139 cm³/mol. The minimum absolute atomic E-state index is 0.159. The quantitative estimate of drug-likeness (QED) is 0.224. The molecule has 2 heterocycles. The zero-order chi connectivity index (χ0) is 23.5. The summed E-state index contributed by atoms with van der Waals surface area (Å²) < 4.78 is 2.82. The van der Waals surface area contributed by atoms with Crippen molar-refractivity contribution in [1.82, 2.24) is 20.1 Å². The first kappa shape index (κ1) is 23.6. The molecule has 9 heteroatoms. The molecular weight excluding hydrogens is 571 g/mol. The van der Waals surface area contributed by atoms with E-state index in [1.807, 2.05) is 42.7 Å². The second kappa shape index (κ2) is 10.1. The first-order valence-corrected chi connectivity index (χ1v) is 12.5. The Balaban J connectivity index is 1.68. The molecule has 0 aliphatic rings. The first-order chi connectivity index (χ1) is 15.9. The van der Waals surface area contributed by atoms with Gasteiger partial charge in [0.05, 0.1) is 17.1 Å². The first-order valence-electron chi connectivity index (χ1n) is 10.3. The van der Waals surface area contributed by atoms with Crippen LogP contribution in [0, 0.1) is 10.5 Å². The number of amides is 1. The van der Waals surface area contributed by atoms with E-state index in [1.54, 1.807) is 30.3 Å². The van der Waals surface area contributed by atoms with Crippen LogP contribution in [-0.4, -0.2) is 26.5 Å². The van der Waals surface area contributed by atoms with Gasteiger partial charge in [-0.25, -0.2) is 0 Å². The molecule has 0 saturated heterocycles. The highest BCUT2D eigenvalue weighted by Gasteiger charge is 2.24. The lowest BCUT2D eigenvalue weighted by Gasteiger charge is -2.11. The number of carbonyl (C=O) groups excluding carboxylic acids is 2. The van der Waals surface area contributed by atoms with Gasteiger partial charge in [-0.15, -0.1) is 21.5 Å². The number of nitrogens with zero attached hydrogens (tertiary/aromatic N) is 3. The smallest absolute Gasteiger partial charge is 0.251 e. The van der Waals surface area contributed by atoms with Crippen molar-refractivity contribution in [2.24, 2.45) is 0 Å². The van der Waals surface area contributed by atoms with Gasteiger partial charge in [-0.2, -0.15) is 0 Å². The molecule has 6 nitrogen and oxygen atoms in total. The van der Waals surface area contributed by atoms with Crippen molar-refractivity contribution >= 4 is 57.2 Å². The molecule has 0 atom stereocenters. The number of aromatic nitrogens is 3. The number of aryl methyl sites for hydroxylation is 2. The third kappa shape index (κ3) is 5.02. The van der Waals surface area contributed by atoms with Gasteiger partial charge in [-0.1, -0.05) is 36.7 Å². The van der Waals surface area contributed by atoms with E-state index in [2.05, 4.69) is 38.1 Å². The lowest BCUT2D eigenvalue weighted by Crippen LogP contribution is -2.25. The minimum atomic E-state index is -0.200. The fourth-order valence-electron chi connectivity index (χ4n) is 3.40. The molecule has 0 radical (unpaired) electrons. The van der Waals surface area contributed by atoms with Crippen LogP contribution in [0.5, 0.6) is 0 Å². The van der Waals surface area contributed by atoms with Crippen LogP contribution in [0.15, 0.2) is 54.6 Å². The maximum Gasteiger partial charge on any atom is 0.251 e. The molecule has 0 fully saturated rings. The summed E-state index contributed by atoms with van der Waals surface area (Å²) in [6, 6.07) is 16.3. The Morgan fingerprint density at radius 3 is 2.61 bits per heavy atom. The maximum atomic E-state index is 13.4. The lowest BCUT2D eigenvalue weighted by atomic mass is 10.0. The topological polar surface area (TPSA) is 76.9 Å². The second-order valence-electron chi connectivity index (χ2n) is 7.29. The summed E-state index contributed by atoms with van der Waals surface area (Å²) in [6.07, 6.45) is 0.785. The zero-order valence-electron chi connectivity index (χ0n) is 17.9. The Morgan fingerprint density at radius 1 is 1.09 bits per heavy atom. The van der Waals surface area contributed by atoms with Crippen molar-refractivity contribution < 1.29 is 9.59 Å². The zero-order valence-corrected chi connectivity index (χ0v) is 21.7. The van der Waals surface area contributed by atoms with Gasteiger partial charge in [0.25, 0.3) is 5.91 Å². The minimum Gasteiger partial charge on any atom is -0.345 e. The Morgan fingerprint density at radius 2 is 1.88 bits per heavy atom. The van der Waals surface area contributed by atoms with Crippen LogP contribution in [0.4, 0.5) is 0 Å². The van der Waals surface area contributed by atoms with E-state index in [0.29, 0.717) is 33.4 Å². The summed E-state index contributed by atoms with van der Waals surface area (Å²) in [5, 5.41) is 12.5. The molecule has 2 aromatic heterocycles. The van der Waals surface area contributed by atoms with Crippen molar-refractivity contribution in [3.63, 3.8) is 0 Å². The number of nitrogens with one attached hydrogen (secondary N) is 1. The number of halogens is 2. The molecule has 0 aliphatic heterocycles. The number of rotatable bonds is 7. The Kier molecular flexibility index (Phi) is 7.26. The number of hydrogen-bond donors (Lipinski definition) is 1. The highest BCUT2D eigenvalue weighted by molar-refractivity contribution is 14.1. The summed E-state index contributed by atoms with van der Waals surface area (Å²) in [6.45, 7) is 4.04. The van der Waals surface area contributed by atoms with Gasteiger partial charge in [-0.3, -0.25) is 14.2 Å². The summed E-state index contributed by atoms with van der Waals surface area (Å²) in [7, 11) is 0. The van der Waals surface area contributed by atoms with Gasteiger partial charge in [0.2, 0.25) is 0 Å². The van der Waals surface area contributed by atoms with Crippen LogP contribution in [-0.2, 0) is 13.0 Å². The molecule has 0 aliphatic carbocycles. The summed E-state index contributed by atoms with van der Waals surface area (Å²) >= 11 is 9.99. The summed E-state index contributed by atoms with van der Waals surface area (Å²) in [5.74, 6) is 0.817. The summed E-state index contributed by atoms with van der Waals surface area (Å²) in [5.41, 5.74) is 1.56. The largest absolute Gasteiger partial charge is 0.345 e. The van der Waals surface area contributed by atoms with Gasteiger partial charge in [0.1, 0.15) is 10.8 Å². The van der Waals surface area contributed by atoms with Crippen LogP contribution in [0.1, 0.15) is 49.7 Å².